The molecule has 0 unspecified atom stereocenters. The third kappa shape index (κ3) is 5.61. The van der Waals surface area contributed by atoms with Crippen LogP contribution in [0.3, 0.4) is 0 Å². The van der Waals surface area contributed by atoms with Crippen LogP contribution in [0.4, 0.5) is 0 Å². The fourth-order valence-electron chi connectivity index (χ4n) is 3.54. The molecule has 0 atom stereocenters. The van der Waals surface area contributed by atoms with Crippen LogP contribution in [0.1, 0.15) is 38.2 Å². The molecule has 10 heteroatoms. The van der Waals surface area contributed by atoms with Gasteiger partial charge >= 0.3 is 0 Å². The van der Waals surface area contributed by atoms with E-state index in [4.69, 9.17) is 9.47 Å². The van der Waals surface area contributed by atoms with Crippen LogP contribution < -0.4 is 14.2 Å². The molecule has 0 saturated carbocycles. The number of hydrogen-bond acceptors (Lipinski definition) is 6. The van der Waals surface area contributed by atoms with Crippen LogP contribution in [0.2, 0.25) is 0 Å². The molecule has 0 amide bonds. The molecule has 1 heterocycles. The Morgan fingerprint density at radius 3 is 2.19 bits per heavy atom. The summed E-state index contributed by atoms with van der Waals surface area (Å²) in [5, 5.41) is 0. The van der Waals surface area contributed by atoms with E-state index in [1.54, 1.807) is 31.4 Å². The fourth-order valence-corrected chi connectivity index (χ4v) is 6.11. The third-order valence-electron chi connectivity index (χ3n) is 5.32. The highest BCUT2D eigenvalue weighted by atomic mass is 32.2. The molecule has 176 valence electrons. The third-order valence-corrected chi connectivity index (χ3v) is 8.69. The molecule has 0 aromatic heterocycles. The summed E-state index contributed by atoms with van der Waals surface area (Å²) < 4.78 is 65.2. The highest BCUT2D eigenvalue weighted by molar-refractivity contribution is 7.89. The molecule has 2 aromatic carbocycles. The van der Waals surface area contributed by atoms with Gasteiger partial charge in [-0.05, 0) is 66.8 Å². The van der Waals surface area contributed by atoms with Gasteiger partial charge in [0, 0.05) is 19.6 Å². The summed E-state index contributed by atoms with van der Waals surface area (Å²) in [6, 6.07) is 11.0. The Labute approximate surface area is 190 Å². The summed E-state index contributed by atoms with van der Waals surface area (Å²) in [4.78, 5) is 0.395. The van der Waals surface area contributed by atoms with E-state index in [0.717, 1.165) is 18.4 Å². The molecule has 0 radical (unpaired) electrons. The minimum absolute atomic E-state index is 0.0687. The lowest BCUT2D eigenvalue weighted by Crippen LogP contribution is -2.28. The van der Waals surface area contributed by atoms with Crippen molar-refractivity contribution < 1.29 is 26.3 Å². The van der Waals surface area contributed by atoms with E-state index in [1.165, 1.54) is 22.5 Å². The number of hydrogen-bond donors (Lipinski definition) is 1. The van der Waals surface area contributed by atoms with Gasteiger partial charge in [0.1, 0.15) is 18.1 Å². The largest absolute Gasteiger partial charge is 0.496 e. The molecule has 8 nitrogen and oxygen atoms in total. The first-order valence-corrected chi connectivity index (χ1v) is 13.5. The second kappa shape index (κ2) is 10.2. The molecule has 2 aromatic rings. The van der Waals surface area contributed by atoms with E-state index in [0.29, 0.717) is 24.6 Å². The molecule has 0 aliphatic carbocycles. The van der Waals surface area contributed by atoms with Crippen molar-refractivity contribution >= 4 is 20.0 Å². The first-order chi connectivity index (χ1) is 15.1. The zero-order valence-electron chi connectivity index (χ0n) is 18.6. The summed E-state index contributed by atoms with van der Waals surface area (Å²) in [6.07, 6.45) is 1.76. The molecule has 1 N–H and O–H groups in total. The van der Waals surface area contributed by atoms with Crippen molar-refractivity contribution in [2.75, 3.05) is 33.4 Å². The lowest BCUT2D eigenvalue weighted by molar-refractivity contribution is 0.322. The summed E-state index contributed by atoms with van der Waals surface area (Å²) in [6.45, 7) is 5.21. The minimum atomic E-state index is -3.70. The molecular formula is C22H30N2O6S2. The average molecular weight is 483 g/mol. The summed E-state index contributed by atoms with van der Waals surface area (Å²) in [5.41, 5.74) is 0.815. The number of nitrogens with zero attached hydrogens (tertiary/aromatic N) is 1. The van der Waals surface area contributed by atoms with Gasteiger partial charge in [-0.25, -0.2) is 21.6 Å². The second-order valence-corrected chi connectivity index (χ2v) is 11.6. The number of benzene rings is 2. The Hall–Kier alpha value is -2.14. The fraction of sp³-hybridized carbons (Fsp3) is 0.455. The Kier molecular flexibility index (Phi) is 7.81. The normalized spacial score (nSPS) is 15.2. The molecule has 32 heavy (non-hydrogen) atoms. The SMILES string of the molecule is COc1ccc(S(=O)(=O)NCCOc2ccc(S(=O)(=O)N3CCCC3)cc2)cc1C(C)C. The molecule has 1 fully saturated rings. The monoisotopic (exact) mass is 482 g/mol. The van der Waals surface area contributed by atoms with E-state index < -0.39 is 20.0 Å². The standard InChI is InChI=1S/C22H30N2O6S2/c1-17(2)21-16-20(10-11-22(21)29-3)31(25,26)23-12-15-30-18-6-8-19(9-7-18)32(27,28)24-13-4-5-14-24/h6-11,16-17,23H,4-5,12-15H2,1-3H3. The number of nitrogens with one attached hydrogen (secondary N) is 1. The zero-order chi connectivity index (χ0) is 23.4. The van der Waals surface area contributed by atoms with Gasteiger partial charge in [-0.2, -0.15) is 4.31 Å². The van der Waals surface area contributed by atoms with Crippen molar-refractivity contribution in [1.82, 2.24) is 9.03 Å². The number of sulfonamides is 2. The van der Waals surface area contributed by atoms with E-state index in [9.17, 15) is 16.8 Å². The van der Waals surface area contributed by atoms with Crippen LogP contribution in [-0.4, -0.2) is 54.5 Å². The zero-order valence-corrected chi connectivity index (χ0v) is 20.2. The maximum Gasteiger partial charge on any atom is 0.243 e. The molecule has 3 rings (SSSR count). The average Bonchev–Trinajstić information content (AvgIpc) is 3.32. The van der Waals surface area contributed by atoms with Crippen LogP contribution in [0.5, 0.6) is 11.5 Å². The molecule has 1 aliphatic rings. The van der Waals surface area contributed by atoms with E-state index in [-0.39, 0.29) is 28.9 Å². The number of ether oxygens (including phenoxy) is 2. The van der Waals surface area contributed by atoms with Crippen LogP contribution in [0.25, 0.3) is 0 Å². The van der Waals surface area contributed by atoms with Gasteiger partial charge in [0.15, 0.2) is 0 Å². The predicted molar refractivity (Wildman–Crippen MR) is 122 cm³/mol. The minimum Gasteiger partial charge on any atom is -0.496 e. The van der Waals surface area contributed by atoms with Gasteiger partial charge in [-0.15, -0.1) is 0 Å². The highest BCUT2D eigenvalue weighted by Crippen LogP contribution is 2.29. The van der Waals surface area contributed by atoms with Crippen molar-refractivity contribution in [2.24, 2.45) is 0 Å². The number of methoxy groups -OCH3 is 1. The first kappa shape index (κ1) is 24.5. The summed E-state index contributed by atoms with van der Waals surface area (Å²) in [7, 11) is -5.62. The van der Waals surface area contributed by atoms with Crippen LogP contribution >= 0.6 is 0 Å². The number of rotatable bonds is 10. The van der Waals surface area contributed by atoms with Crippen molar-refractivity contribution in [1.29, 1.82) is 0 Å². The Bertz CT molecular complexity index is 1120. The van der Waals surface area contributed by atoms with Crippen molar-refractivity contribution in [2.45, 2.75) is 42.4 Å². The lowest BCUT2D eigenvalue weighted by atomic mass is 10.0. The first-order valence-electron chi connectivity index (χ1n) is 10.6. The van der Waals surface area contributed by atoms with Gasteiger partial charge in [0.05, 0.1) is 16.9 Å². The molecule has 0 bridgehead atoms. The maximum absolute atomic E-state index is 12.6. The predicted octanol–water partition coefficient (Wildman–Crippen LogP) is 2.96. The van der Waals surface area contributed by atoms with E-state index in [1.807, 2.05) is 13.8 Å². The van der Waals surface area contributed by atoms with Crippen molar-refractivity contribution in [3.63, 3.8) is 0 Å². The Balaban J connectivity index is 1.56. The van der Waals surface area contributed by atoms with Crippen LogP contribution in [0, 0.1) is 0 Å². The van der Waals surface area contributed by atoms with Gasteiger partial charge in [-0.3, -0.25) is 0 Å². The quantitative estimate of drug-likeness (QED) is 0.523. The summed E-state index contributed by atoms with van der Waals surface area (Å²) >= 11 is 0. The molecule has 0 spiro atoms. The Morgan fingerprint density at radius 2 is 1.59 bits per heavy atom. The lowest BCUT2D eigenvalue weighted by Gasteiger charge is -2.16. The van der Waals surface area contributed by atoms with Crippen molar-refractivity contribution in [3.05, 3.63) is 48.0 Å². The molecule has 1 aliphatic heterocycles. The van der Waals surface area contributed by atoms with Gasteiger partial charge in [0.25, 0.3) is 0 Å². The highest BCUT2D eigenvalue weighted by Gasteiger charge is 2.27. The second-order valence-electron chi connectivity index (χ2n) is 7.89. The molecular weight excluding hydrogens is 452 g/mol. The van der Waals surface area contributed by atoms with E-state index >= 15 is 0 Å². The van der Waals surface area contributed by atoms with Gasteiger partial charge in [-0.1, -0.05) is 13.8 Å². The van der Waals surface area contributed by atoms with Gasteiger partial charge < -0.3 is 9.47 Å². The topological polar surface area (TPSA) is 102 Å². The van der Waals surface area contributed by atoms with E-state index in [2.05, 4.69) is 4.72 Å². The molecule has 1 saturated heterocycles. The van der Waals surface area contributed by atoms with Crippen LogP contribution in [-0.2, 0) is 20.0 Å². The van der Waals surface area contributed by atoms with Crippen molar-refractivity contribution in [3.8, 4) is 11.5 Å². The smallest absolute Gasteiger partial charge is 0.243 e. The van der Waals surface area contributed by atoms with Gasteiger partial charge in [0.2, 0.25) is 20.0 Å². The van der Waals surface area contributed by atoms with Crippen LogP contribution in [0.15, 0.2) is 52.3 Å². The Morgan fingerprint density at radius 1 is 0.969 bits per heavy atom. The summed E-state index contributed by atoms with van der Waals surface area (Å²) in [5.74, 6) is 1.23. The maximum atomic E-state index is 12.6.